The van der Waals surface area contributed by atoms with Crippen LogP contribution in [0.3, 0.4) is 0 Å². The first kappa shape index (κ1) is 17.7. The molecule has 1 aliphatic rings. The lowest BCUT2D eigenvalue weighted by atomic mass is 10.0. The Balaban J connectivity index is 1.68. The SMILES string of the molecule is COCCNCC(=O)Nc1ccc(OCC2CCOCC2)cc1. The lowest BCUT2D eigenvalue weighted by Crippen LogP contribution is -2.30. The first-order valence-corrected chi connectivity index (χ1v) is 8.08. The zero-order chi connectivity index (χ0) is 16.3. The number of amides is 1. The maximum atomic E-state index is 11.7. The smallest absolute Gasteiger partial charge is 0.238 e. The maximum Gasteiger partial charge on any atom is 0.238 e. The van der Waals surface area contributed by atoms with Crippen LogP contribution in [0.1, 0.15) is 12.8 Å². The van der Waals surface area contributed by atoms with Crippen molar-refractivity contribution in [3.8, 4) is 5.75 Å². The van der Waals surface area contributed by atoms with E-state index in [-0.39, 0.29) is 12.5 Å². The van der Waals surface area contributed by atoms with Crippen molar-refractivity contribution in [2.45, 2.75) is 12.8 Å². The molecule has 6 heteroatoms. The Kier molecular flexibility index (Phi) is 7.86. The highest BCUT2D eigenvalue weighted by Crippen LogP contribution is 2.19. The number of hydrogen-bond donors (Lipinski definition) is 2. The Morgan fingerprint density at radius 1 is 1.26 bits per heavy atom. The first-order chi connectivity index (χ1) is 11.3. The highest BCUT2D eigenvalue weighted by atomic mass is 16.5. The molecule has 0 bridgehead atoms. The van der Waals surface area contributed by atoms with Crippen LogP contribution in [0.25, 0.3) is 0 Å². The number of anilines is 1. The number of nitrogens with one attached hydrogen (secondary N) is 2. The minimum Gasteiger partial charge on any atom is -0.493 e. The Morgan fingerprint density at radius 2 is 2.00 bits per heavy atom. The third-order valence-electron chi connectivity index (χ3n) is 3.73. The number of methoxy groups -OCH3 is 1. The van der Waals surface area contributed by atoms with Crippen LogP contribution >= 0.6 is 0 Å². The average molecular weight is 322 g/mol. The van der Waals surface area contributed by atoms with Crippen LogP contribution in [0.5, 0.6) is 5.75 Å². The van der Waals surface area contributed by atoms with Crippen molar-refractivity contribution < 1.29 is 19.0 Å². The van der Waals surface area contributed by atoms with E-state index in [1.54, 1.807) is 7.11 Å². The molecule has 1 saturated heterocycles. The zero-order valence-electron chi connectivity index (χ0n) is 13.7. The molecule has 1 amide bonds. The molecule has 1 aromatic carbocycles. The zero-order valence-corrected chi connectivity index (χ0v) is 13.7. The second-order valence-corrected chi connectivity index (χ2v) is 5.61. The molecule has 2 rings (SSSR count). The Bertz CT molecular complexity index is 458. The Labute approximate surface area is 137 Å². The van der Waals surface area contributed by atoms with E-state index in [4.69, 9.17) is 14.2 Å². The number of carbonyl (C=O) groups excluding carboxylic acids is 1. The third kappa shape index (κ3) is 6.99. The summed E-state index contributed by atoms with van der Waals surface area (Å²) in [7, 11) is 1.63. The predicted molar refractivity (Wildman–Crippen MR) is 88.9 cm³/mol. The van der Waals surface area contributed by atoms with Crippen molar-refractivity contribution in [3.05, 3.63) is 24.3 Å². The van der Waals surface area contributed by atoms with Crippen LogP contribution < -0.4 is 15.4 Å². The average Bonchev–Trinajstić information content (AvgIpc) is 2.59. The number of carbonyl (C=O) groups is 1. The van der Waals surface area contributed by atoms with Crippen LogP contribution in [0, 0.1) is 5.92 Å². The summed E-state index contributed by atoms with van der Waals surface area (Å²) in [6, 6.07) is 7.47. The lowest BCUT2D eigenvalue weighted by Gasteiger charge is -2.22. The monoisotopic (exact) mass is 322 g/mol. The normalized spacial score (nSPS) is 15.3. The van der Waals surface area contributed by atoms with Gasteiger partial charge in [-0.2, -0.15) is 0 Å². The Hall–Kier alpha value is -1.63. The molecule has 23 heavy (non-hydrogen) atoms. The molecule has 0 saturated carbocycles. The molecule has 2 N–H and O–H groups in total. The quantitative estimate of drug-likeness (QED) is 0.677. The summed E-state index contributed by atoms with van der Waals surface area (Å²) in [6.07, 6.45) is 2.12. The van der Waals surface area contributed by atoms with E-state index >= 15 is 0 Å². The van der Waals surface area contributed by atoms with Gasteiger partial charge in [0, 0.05) is 32.6 Å². The molecular weight excluding hydrogens is 296 g/mol. The molecule has 1 fully saturated rings. The summed E-state index contributed by atoms with van der Waals surface area (Å²) in [4.78, 5) is 11.7. The van der Waals surface area contributed by atoms with E-state index in [2.05, 4.69) is 10.6 Å². The second-order valence-electron chi connectivity index (χ2n) is 5.61. The van der Waals surface area contributed by atoms with Gasteiger partial charge in [0.15, 0.2) is 0 Å². The van der Waals surface area contributed by atoms with E-state index in [1.165, 1.54) is 0 Å². The van der Waals surface area contributed by atoms with Gasteiger partial charge >= 0.3 is 0 Å². The van der Waals surface area contributed by atoms with Crippen LogP contribution in [0.15, 0.2) is 24.3 Å². The molecule has 0 atom stereocenters. The molecule has 0 radical (unpaired) electrons. The molecule has 6 nitrogen and oxygen atoms in total. The lowest BCUT2D eigenvalue weighted by molar-refractivity contribution is -0.115. The summed E-state index contributed by atoms with van der Waals surface area (Å²) >= 11 is 0. The standard InChI is InChI=1S/C17H26N2O4/c1-21-11-8-18-12-17(20)19-15-2-4-16(5-3-15)23-13-14-6-9-22-10-7-14/h2-5,14,18H,6-13H2,1H3,(H,19,20). The molecule has 128 valence electrons. The van der Waals surface area contributed by atoms with Crippen molar-refractivity contribution in [1.29, 1.82) is 0 Å². The van der Waals surface area contributed by atoms with Crippen LogP contribution in [0.2, 0.25) is 0 Å². The molecule has 1 heterocycles. The number of hydrogen-bond acceptors (Lipinski definition) is 5. The van der Waals surface area contributed by atoms with Crippen molar-refractivity contribution in [3.63, 3.8) is 0 Å². The maximum absolute atomic E-state index is 11.7. The number of rotatable bonds is 9. The summed E-state index contributed by atoms with van der Waals surface area (Å²) in [5, 5.41) is 5.84. The summed E-state index contributed by atoms with van der Waals surface area (Å²) in [5.41, 5.74) is 0.766. The van der Waals surface area contributed by atoms with Gasteiger partial charge in [0.25, 0.3) is 0 Å². The number of benzene rings is 1. The van der Waals surface area contributed by atoms with Gasteiger partial charge in [-0.25, -0.2) is 0 Å². The van der Waals surface area contributed by atoms with E-state index in [1.807, 2.05) is 24.3 Å². The highest BCUT2D eigenvalue weighted by Gasteiger charge is 2.14. The predicted octanol–water partition coefficient (Wildman–Crippen LogP) is 1.67. The van der Waals surface area contributed by atoms with Gasteiger partial charge in [0.2, 0.25) is 5.91 Å². The molecule has 0 unspecified atom stereocenters. The van der Waals surface area contributed by atoms with E-state index in [0.717, 1.165) is 44.1 Å². The van der Waals surface area contributed by atoms with Crippen molar-refractivity contribution in [2.75, 3.05) is 51.9 Å². The van der Waals surface area contributed by atoms with Gasteiger partial charge in [0.1, 0.15) is 5.75 Å². The van der Waals surface area contributed by atoms with Gasteiger partial charge < -0.3 is 24.8 Å². The first-order valence-electron chi connectivity index (χ1n) is 8.08. The third-order valence-corrected chi connectivity index (χ3v) is 3.73. The summed E-state index contributed by atoms with van der Waals surface area (Å²) in [5.74, 6) is 1.32. The largest absolute Gasteiger partial charge is 0.493 e. The molecule has 0 spiro atoms. The van der Waals surface area contributed by atoms with Crippen molar-refractivity contribution >= 4 is 11.6 Å². The minimum atomic E-state index is -0.0722. The molecule has 1 aromatic rings. The summed E-state index contributed by atoms with van der Waals surface area (Å²) in [6.45, 7) is 3.90. The molecular formula is C17H26N2O4. The summed E-state index contributed by atoms with van der Waals surface area (Å²) < 4.78 is 16.0. The van der Waals surface area contributed by atoms with Crippen molar-refractivity contribution in [1.82, 2.24) is 5.32 Å². The van der Waals surface area contributed by atoms with Gasteiger partial charge in [-0.05, 0) is 43.0 Å². The van der Waals surface area contributed by atoms with E-state index in [0.29, 0.717) is 19.1 Å². The van der Waals surface area contributed by atoms with Gasteiger partial charge in [-0.1, -0.05) is 0 Å². The molecule has 0 aliphatic carbocycles. The van der Waals surface area contributed by atoms with Gasteiger partial charge in [-0.15, -0.1) is 0 Å². The fourth-order valence-corrected chi connectivity index (χ4v) is 2.34. The molecule has 0 aromatic heterocycles. The fraction of sp³-hybridized carbons (Fsp3) is 0.588. The topological polar surface area (TPSA) is 68.8 Å². The van der Waals surface area contributed by atoms with Crippen LogP contribution in [0.4, 0.5) is 5.69 Å². The number of ether oxygens (including phenoxy) is 3. The van der Waals surface area contributed by atoms with Crippen LogP contribution in [-0.2, 0) is 14.3 Å². The van der Waals surface area contributed by atoms with Gasteiger partial charge in [-0.3, -0.25) is 4.79 Å². The minimum absolute atomic E-state index is 0.0722. The van der Waals surface area contributed by atoms with Crippen molar-refractivity contribution in [2.24, 2.45) is 5.92 Å². The fourth-order valence-electron chi connectivity index (χ4n) is 2.34. The Morgan fingerprint density at radius 3 is 2.70 bits per heavy atom. The van der Waals surface area contributed by atoms with E-state index in [9.17, 15) is 4.79 Å². The van der Waals surface area contributed by atoms with Gasteiger partial charge in [0.05, 0.1) is 19.8 Å². The van der Waals surface area contributed by atoms with E-state index < -0.39 is 0 Å². The molecule has 1 aliphatic heterocycles. The second kappa shape index (κ2) is 10.2. The highest BCUT2D eigenvalue weighted by molar-refractivity contribution is 5.92. The van der Waals surface area contributed by atoms with Crippen LogP contribution in [-0.4, -0.2) is 52.5 Å².